The van der Waals surface area contributed by atoms with Gasteiger partial charge in [-0.25, -0.2) is 0 Å². The zero-order chi connectivity index (χ0) is 15.4. The Morgan fingerprint density at radius 2 is 0.800 bits per heavy atom. The fourth-order valence-electron chi connectivity index (χ4n) is 4.24. The molecule has 20 heavy (non-hydrogen) atoms. The van der Waals surface area contributed by atoms with Gasteiger partial charge in [-0.15, -0.1) is 0 Å². The van der Waals surface area contributed by atoms with Crippen LogP contribution in [0.5, 0.6) is 0 Å². The van der Waals surface area contributed by atoms with Crippen LogP contribution in [0.25, 0.3) is 0 Å². The molecule has 0 aromatic heterocycles. The number of hydrogen-bond acceptors (Lipinski definition) is 4. The van der Waals surface area contributed by atoms with E-state index < -0.39 is 65.3 Å². The fourth-order valence-corrected chi connectivity index (χ4v) is 4.24. The molecule has 0 aromatic carbocycles. The average Bonchev–Trinajstić information content (AvgIpc) is 2.76. The molecule has 2 rings (SSSR count). The Balaban J connectivity index is 2.54. The largest absolute Gasteiger partial charge is 0.481 e. The van der Waals surface area contributed by atoms with Gasteiger partial charge in [-0.1, -0.05) is 6.92 Å². The van der Waals surface area contributed by atoms with Gasteiger partial charge in [0.15, 0.2) is 0 Å². The summed E-state index contributed by atoms with van der Waals surface area (Å²) in [6.07, 6.45) is 0. The van der Waals surface area contributed by atoms with Crippen LogP contribution in [0.2, 0.25) is 0 Å². The molecule has 2 fully saturated rings. The molecule has 4 unspecified atom stereocenters. The van der Waals surface area contributed by atoms with E-state index in [-0.39, 0.29) is 0 Å². The maximum atomic E-state index is 11.3. The summed E-state index contributed by atoms with van der Waals surface area (Å²) in [5, 5.41) is 36.8. The molecule has 4 N–H and O–H groups in total. The van der Waals surface area contributed by atoms with Gasteiger partial charge in [-0.3, -0.25) is 19.2 Å². The zero-order valence-electron chi connectivity index (χ0n) is 10.5. The normalized spacial score (nSPS) is 42.4. The maximum absolute atomic E-state index is 11.3. The highest BCUT2D eigenvalue weighted by Gasteiger charge is 2.70. The van der Waals surface area contributed by atoms with E-state index in [1.54, 1.807) is 0 Å². The minimum absolute atomic E-state index is 0.570. The monoisotopic (exact) mass is 286 g/mol. The summed E-state index contributed by atoms with van der Waals surface area (Å²) in [6, 6.07) is 0. The Morgan fingerprint density at radius 3 is 0.950 bits per heavy atom. The first-order chi connectivity index (χ1) is 9.20. The summed E-state index contributed by atoms with van der Waals surface area (Å²) < 4.78 is 0. The van der Waals surface area contributed by atoms with Crippen LogP contribution in [0.4, 0.5) is 0 Å². The highest BCUT2D eigenvalue weighted by Crippen LogP contribution is 2.61. The van der Waals surface area contributed by atoms with Crippen LogP contribution in [0, 0.1) is 41.4 Å². The van der Waals surface area contributed by atoms with Crippen molar-refractivity contribution in [2.75, 3.05) is 0 Å². The van der Waals surface area contributed by atoms with E-state index in [0.717, 1.165) is 0 Å². The van der Waals surface area contributed by atoms with E-state index in [0.29, 0.717) is 0 Å². The summed E-state index contributed by atoms with van der Waals surface area (Å²) in [5.74, 6) is -13.5. The van der Waals surface area contributed by atoms with Gasteiger partial charge >= 0.3 is 23.9 Å². The molecule has 8 heteroatoms. The third-order valence-corrected chi connectivity index (χ3v) is 4.79. The smallest absolute Gasteiger partial charge is 0.307 e. The highest BCUT2D eigenvalue weighted by atomic mass is 16.4. The van der Waals surface area contributed by atoms with Crippen LogP contribution in [-0.2, 0) is 19.2 Å². The van der Waals surface area contributed by atoms with E-state index in [4.69, 9.17) is 0 Å². The van der Waals surface area contributed by atoms with Crippen molar-refractivity contribution in [1.82, 2.24) is 0 Å². The molecule has 2 bridgehead atoms. The third kappa shape index (κ3) is 1.67. The van der Waals surface area contributed by atoms with Gasteiger partial charge in [0.2, 0.25) is 0 Å². The van der Waals surface area contributed by atoms with Gasteiger partial charge in [0.1, 0.15) is 0 Å². The zero-order valence-corrected chi connectivity index (χ0v) is 10.5. The first-order valence-corrected chi connectivity index (χ1v) is 6.11. The fraction of sp³-hybridized carbons (Fsp3) is 0.667. The molecule has 0 aliphatic heterocycles. The number of carbonyl (C=O) groups is 4. The molecule has 2 aliphatic carbocycles. The lowest BCUT2D eigenvalue weighted by atomic mass is 9.68. The van der Waals surface area contributed by atoms with Gasteiger partial charge in [-0.2, -0.15) is 0 Å². The van der Waals surface area contributed by atoms with Crippen LogP contribution in [0.1, 0.15) is 6.92 Å². The maximum Gasteiger partial charge on any atom is 0.307 e. The van der Waals surface area contributed by atoms with Crippen molar-refractivity contribution in [3.63, 3.8) is 0 Å². The number of carboxylic acids is 4. The van der Waals surface area contributed by atoms with Crippen molar-refractivity contribution >= 4 is 23.9 Å². The Labute approximate surface area is 113 Å². The Bertz CT molecular complexity index is 414. The lowest BCUT2D eigenvalue weighted by Crippen LogP contribution is -2.47. The number of fused-ring (bicyclic) bond motifs is 2. The molecular weight excluding hydrogens is 272 g/mol. The van der Waals surface area contributed by atoms with Crippen molar-refractivity contribution in [2.45, 2.75) is 6.92 Å². The number of carboxylic acid groups (broad SMARTS) is 4. The predicted octanol–water partition coefficient (Wildman–Crippen LogP) is -0.315. The van der Waals surface area contributed by atoms with E-state index in [1.165, 1.54) is 6.92 Å². The molecule has 0 saturated heterocycles. The van der Waals surface area contributed by atoms with E-state index in [2.05, 4.69) is 0 Å². The van der Waals surface area contributed by atoms with Crippen molar-refractivity contribution in [3.05, 3.63) is 0 Å². The third-order valence-electron chi connectivity index (χ3n) is 4.79. The van der Waals surface area contributed by atoms with Gasteiger partial charge in [0, 0.05) is 0 Å². The Kier molecular flexibility index (Phi) is 3.19. The highest BCUT2D eigenvalue weighted by molar-refractivity contribution is 5.88. The van der Waals surface area contributed by atoms with E-state index in [1.807, 2.05) is 0 Å². The van der Waals surface area contributed by atoms with Gasteiger partial charge in [-0.05, 0) is 17.8 Å². The first kappa shape index (κ1) is 14.3. The number of rotatable bonds is 4. The summed E-state index contributed by atoms with van der Waals surface area (Å²) in [4.78, 5) is 45.2. The molecule has 8 nitrogen and oxygen atoms in total. The molecule has 2 aliphatic rings. The van der Waals surface area contributed by atoms with Gasteiger partial charge < -0.3 is 20.4 Å². The molecular formula is C12H14O8. The summed E-state index contributed by atoms with van der Waals surface area (Å²) in [5.41, 5.74) is 0. The summed E-state index contributed by atoms with van der Waals surface area (Å²) in [7, 11) is 0. The molecule has 4 atom stereocenters. The topological polar surface area (TPSA) is 149 Å². The summed E-state index contributed by atoms with van der Waals surface area (Å²) >= 11 is 0. The second kappa shape index (κ2) is 4.46. The van der Waals surface area contributed by atoms with Crippen LogP contribution >= 0.6 is 0 Å². The van der Waals surface area contributed by atoms with Crippen LogP contribution in [0.15, 0.2) is 0 Å². The van der Waals surface area contributed by atoms with Crippen molar-refractivity contribution in [1.29, 1.82) is 0 Å². The Hall–Kier alpha value is -2.12. The van der Waals surface area contributed by atoms with E-state index >= 15 is 0 Å². The van der Waals surface area contributed by atoms with Gasteiger partial charge in [0.05, 0.1) is 23.7 Å². The first-order valence-electron chi connectivity index (χ1n) is 6.11. The summed E-state index contributed by atoms with van der Waals surface area (Å²) in [6.45, 7) is 1.53. The molecule has 0 aromatic rings. The minimum Gasteiger partial charge on any atom is -0.481 e. The molecule has 110 valence electrons. The predicted molar refractivity (Wildman–Crippen MR) is 60.6 cm³/mol. The van der Waals surface area contributed by atoms with Gasteiger partial charge in [0.25, 0.3) is 0 Å². The van der Waals surface area contributed by atoms with Crippen molar-refractivity contribution < 1.29 is 39.6 Å². The molecule has 0 spiro atoms. The van der Waals surface area contributed by atoms with Crippen LogP contribution in [0.3, 0.4) is 0 Å². The molecule has 0 radical (unpaired) electrons. The second-order valence-electron chi connectivity index (χ2n) is 5.47. The lowest BCUT2D eigenvalue weighted by molar-refractivity contribution is -0.169. The minimum atomic E-state index is -1.38. The van der Waals surface area contributed by atoms with Crippen molar-refractivity contribution in [3.8, 4) is 0 Å². The lowest BCUT2D eigenvalue weighted by Gasteiger charge is -2.33. The second-order valence-corrected chi connectivity index (χ2v) is 5.47. The quantitative estimate of drug-likeness (QED) is 0.549. The number of aliphatic carboxylic acids is 4. The molecule has 0 amide bonds. The van der Waals surface area contributed by atoms with Crippen LogP contribution in [-0.4, -0.2) is 44.3 Å². The van der Waals surface area contributed by atoms with Crippen molar-refractivity contribution in [2.24, 2.45) is 41.4 Å². The molecule has 2 saturated carbocycles. The SMILES string of the molecule is CC1C2C(C(=O)O)C(C(=O)O)C1C(C(=O)O)C2C(=O)O. The van der Waals surface area contributed by atoms with Crippen LogP contribution < -0.4 is 0 Å². The number of hydrogen-bond donors (Lipinski definition) is 4. The average molecular weight is 286 g/mol. The van der Waals surface area contributed by atoms with E-state index in [9.17, 15) is 39.6 Å². The molecule has 0 heterocycles. The standard InChI is InChI=1S/C12H14O8/c1-2-3-5(9(13)14)7(11(17)18)4(2)8(12(19)20)6(3)10(15)16/h2-8H,1H3,(H,13,14)(H,15,16)(H,17,18)(H,19,20). The Morgan fingerprint density at radius 1 is 0.600 bits per heavy atom.